The summed E-state index contributed by atoms with van der Waals surface area (Å²) in [5.74, 6) is 0. The Morgan fingerprint density at radius 3 is 2.29 bits per heavy atom. The summed E-state index contributed by atoms with van der Waals surface area (Å²) in [6.45, 7) is 0. The van der Waals surface area contributed by atoms with Crippen molar-refractivity contribution in [3.8, 4) is 0 Å². The molecule has 0 unspecified atom stereocenters. The normalized spacial score (nSPS) is 11.6. The molecule has 0 atom stereocenters. The van der Waals surface area contributed by atoms with Gasteiger partial charge in [-0.05, 0) is 56.1 Å². The number of rotatable bonds is 2. The van der Waals surface area contributed by atoms with Crippen molar-refractivity contribution in [2.75, 3.05) is 0 Å². The van der Waals surface area contributed by atoms with Gasteiger partial charge in [-0.1, -0.05) is 30.3 Å². The van der Waals surface area contributed by atoms with E-state index in [0.29, 0.717) is 0 Å². The first-order valence-electron chi connectivity index (χ1n) is 7.35. The monoisotopic (exact) mass is 439 g/mol. The molecule has 0 saturated carbocycles. The topological polar surface area (TPSA) is 38.1 Å². The highest BCUT2D eigenvalue weighted by Gasteiger charge is 2.05. The van der Waals surface area contributed by atoms with Gasteiger partial charge in [-0.3, -0.25) is 9.98 Å². The number of fused-ring (bicyclic) bond motifs is 3. The highest BCUT2D eigenvalue weighted by atomic mass is 79.9. The van der Waals surface area contributed by atoms with Crippen LogP contribution in [0, 0.1) is 0 Å². The van der Waals surface area contributed by atoms with Crippen LogP contribution in [0.1, 0.15) is 5.69 Å². The van der Waals surface area contributed by atoms with E-state index in [4.69, 9.17) is 4.98 Å². The van der Waals surface area contributed by atoms with Crippen molar-refractivity contribution in [1.29, 1.82) is 0 Å². The van der Waals surface area contributed by atoms with Crippen LogP contribution in [-0.2, 0) is 0 Å². The summed E-state index contributed by atoms with van der Waals surface area (Å²) in [4.78, 5) is 13.8. The lowest BCUT2D eigenvalue weighted by molar-refractivity contribution is 1.35. The summed E-state index contributed by atoms with van der Waals surface area (Å²) in [5.41, 5.74) is 3.44. The van der Waals surface area contributed by atoms with Crippen molar-refractivity contribution < 1.29 is 0 Å². The van der Waals surface area contributed by atoms with Crippen LogP contribution in [0.25, 0.3) is 21.8 Å². The second-order valence-electron chi connectivity index (χ2n) is 5.28. The lowest BCUT2D eigenvalue weighted by Gasteiger charge is -2.04. The van der Waals surface area contributed by atoms with Gasteiger partial charge in [0.1, 0.15) is 0 Å². The van der Waals surface area contributed by atoms with E-state index in [0.717, 1.165) is 42.1 Å². The Balaban J connectivity index is 1.83. The highest BCUT2D eigenvalue weighted by molar-refractivity contribution is 9.11. The number of hydrogen-bond donors (Lipinski definition) is 0. The van der Waals surface area contributed by atoms with E-state index in [1.165, 1.54) is 0 Å². The molecule has 24 heavy (non-hydrogen) atoms. The molecule has 4 aromatic rings. The van der Waals surface area contributed by atoms with Crippen LogP contribution in [0.5, 0.6) is 0 Å². The maximum absolute atomic E-state index is 4.74. The molecule has 0 spiro atoms. The molecule has 116 valence electrons. The zero-order chi connectivity index (χ0) is 16.5. The van der Waals surface area contributed by atoms with Crippen molar-refractivity contribution in [2.24, 2.45) is 4.99 Å². The molecule has 0 aliphatic rings. The molecule has 2 heterocycles. The summed E-state index contributed by atoms with van der Waals surface area (Å²) < 4.78 is 1.86. The molecule has 0 aliphatic heterocycles. The van der Waals surface area contributed by atoms with Gasteiger partial charge in [-0.2, -0.15) is 0 Å². The van der Waals surface area contributed by atoms with Crippen molar-refractivity contribution in [3.05, 3.63) is 75.4 Å². The van der Waals surface area contributed by atoms with Crippen molar-refractivity contribution in [2.45, 2.75) is 0 Å². The molecule has 2 aromatic carbocycles. The van der Waals surface area contributed by atoms with Crippen LogP contribution in [0.15, 0.2) is 74.7 Å². The summed E-state index contributed by atoms with van der Waals surface area (Å²) >= 11 is 7.04. The van der Waals surface area contributed by atoms with Crippen LogP contribution in [-0.4, -0.2) is 16.2 Å². The number of aromatic nitrogens is 2. The Morgan fingerprint density at radius 1 is 0.792 bits per heavy atom. The molecule has 0 saturated heterocycles. The average Bonchev–Trinajstić information content (AvgIpc) is 2.61. The predicted octanol–water partition coefficient (Wildman–Crippen LogP) is 6.06. The SMILES string of the molecule is Brc1cccc(Br)c1N=Cc1ccc2ccc3cccnc3c2n1. The van der Waals surface area contributed by atoms with E-state index in [2.05, 4.69) is 54.0 Å². The fourth-order valence-electron chi connectivity index (χ4n) is 2.55. The summed E-state index contributed by atoms with van der Waals surface area (Å²) in [7, 11) is 0. The van der Waals surface area contributed by atoms with Gasteiger partial charge in [0.2, 0.25) is 0 Å². The van der Waals surface area contributed by atoms with Gasteiger partial charge in [0, 0.05) is 25.9 Å². The molecule has 2 aromatic heterocycles. The molecule has 0 bridgehead atoms. The van der Waals surface area contributed by atoms with Gasteiger partial charge in [0.25, 0.3) is 0 Å². The van der Waals surface area contributed by atoms with Gasteiger partial charge in [0.15, 0.2) is 0 Å². The maximum atomic E-state index is 4.74. The minimum atomic E-state index is 0.795. The number of halogens is 2. The summed E-state index contributed by atoms with van der Waals surface area (Å²) in [5, 5.41) is 2.15. The Hall–Kier alpha value is -2.11. The number of nitrogens with zero attached hydrogens (tertiary/aromatic N) is 3. The quantitative estimate of drug-likeness (QED) is 0.280. The second-order valence-corrected chi connectivity index (χ2v) is 6.99. The van der Waals surface area contributed by atoms with Crippen molar-refractivity contribution in [1.82, 2.24) is 9.97 Å². The van der Waals surface area contributed by atoms with Gasteiger partial charge in [-0.25, -0.2) is 4.98 Å². The van der Waals surface area contributed by atoms with Crippen LogP contribution in [0.2, 0.25) is 0 Å². The van der Waals surface area contributed by atoms with Crippen LogP contribution >= 0.6 is 31.9 Å². The van der Waals surface area contributed by atoms with Gasteiger partial charge < -0.3 is 0 Å². The number of hydrogen-bond acceptors (Lipinski definition) is 3. The third kappa shape index (κ3) is 2.85. The Bertz CT molecular complexity index is 1070. The van der Waals surface area contributed by atoms with Crippen LogP contribution in [0.4, 0.5) is 5.69 Å². The van der Waals surface area contributed by atoms with E-state index in [9.17, 15) is 0 Å². The molecule has 0 aliphatic carbocycles. The minimum Gasteiger partial charge on any atom is -0.254 e. The molecule has 4 rings (SSSR count). The first kappa shape index (κ1) is 15.4. The van der Waals surface area contributed by atoms with Gasteiger partial charge >= 0.3 is 0 Å². The third-order valence-corrected chi connectivity index (χ3v) is 5.00. The Labute approximate surface area is 155 Å². The van der Waals surface area contributed by atoms with Gasteiger partial charge in [0.05, 0.1) is 28.6 Å². The first-order valence-corrected chi connectivity index (χ1v) is 8.93. The molecular formula is C19H11Br2N3. The van der Waals surface area contributed by atoms with E-state index in [1.807, 2.05) is 42.5 Å². The lowest BCUT2D eigenvalue weighted by Crippen LogP contribution is -1.91. The molecule has 0 N–H and O–H groups in total. The molecule has 0 radical (unpaired) electrons. The van der Waals surface area contributed by atoms with Crippen molar-refractivity contribution >= 4 is 65.6 Å². The Kier molecular flexibility index (Phi) is 4.12. The number of para-hydroxylation sites is 1. The maximum Gasteiger partial charge on any atom is 0.0972 e. The van der Waals surface area contributed by atoms with E-state index < -0.39 is 0 Å². The van der Waals surface area contributed by atoms with E-state index in [1.54, 1.807) is 12.4 Å². The highest BCUT2D eigenvalue weighted by Crippen LogP contribution is 2.33. The average molecular weight is 441 g/mol. The smallest absolute Gasteiger partial charge is 0.0972 e. The molecule has 0 amide bonds. The second kappa shape index (κ2) is 6.42. The number of aliphatic imine (C=N–C) groups is 1. The summed E-state index contributed by atoms with van der Waals surface area (Å²) in [6, 6.07) is 18.0. The molecular weight excluding hydrogens is 430 g/mol. The zero-order valence-electron chi connectivity index (χ0n) is 12.4. The molecule has 3 nitrogen and oxygen atoms in total. The van der Waals surface area contributed by atoms with Crippen molar-refractivity contribution in [3.63, 3.8) is 0 Å². The first-order chi connectivity index (χ1) is 11.7. The third-order valence-electron chi connectivity index (χ3n) is 3.72. The lowest BCUT2D eigenvalue weighted by atomic mass is 10.1. The predicted molar refractivity (Wildman–Crippen MR) is 106 cm³/mol. The van der Waals surface area contributed by atoms with Gasteiger partial charge in [-0.15, -0.1) is 0 Å². The fraction of sp³-hybridized carbons (Fsp3) is 0. The molecule has 5 heteroatoms. The largest absolute Gasteiger partial charge is 0.254 e. The van der Waals surface area contributed by atoms with E-state index >= 15 is 0 Å². The molecule has 0 fully saturated rings. The number of pyridine rings is 2. The number of benzene rings is 2. The fourth-order valence-corrected chi connectivity index (χ4v) is 3.76. The standard InChI is InChI=1S/C19H11Br2N3/c20-15-4-1-5-16(21)19(15)23-11-14-9-8-13-7-6-12-3-2-10-22-17(12)18(13)24-14/h1-11H. The summed E-state index contributed by atoms with van der Waals surface area (Å²) in [6.07, 6.45) is 3.56. The van der Waals surface area contributed by atoms with Crippen LogP contribution in [0.3, 0.4) is 0 Å². The zero-order valence-corrected chi connectivity index (χ0v) is 15.6. The van der Waals surface area contributed by atoms with Crippen LogP contribution < -0.4 is 0 Å². The minimum absolute atomic E-state index is 0.795. The Morgan fingerprint density at radius 2 is 1.50 bits per heavy atom. The van der Waals surface area contributed by atoms with E-state index in [-0.39, 0.29) is 0 Å².